The lowest BCUT2D eigenvalue weighted by Gasteiger charge is -2.47. The van der Waals surface area contributed by atoms with E-state index < -0.39 is 17.2 Å². The summed E-state index contributed by atoms with van der Waals surface area (Å²) < 4.78 is 16.4. The second-order valence-corrected chi connectivity index (χ2v) is 6.35. The Hall–Kier alpha value is -2.60. The Balaban J connectivity index is 1.80. The van der Waals surface area contributed by atoms with Crippen LogP contribution >= 0.6 is 0 Å². The molecule has 1 amide bonds. The fourth-order valence-corrected chi connectivity index (χ4v) is 4.21. The van der Waals surface area contributed by atoms with E-state index in [0.29, 0.717) is 30.0 Å². The van der Waals surface area contributed by atoms with E-state index in [0.717, 1.165) is 11.1 Å². The maximum Gasteiger partial charge on any atom is 0.296 e. The van der Waals surface area contributed by atoms with Crippen LogP contribution in [-0.4, -0.2) is 43.1 Å². The number of carbonyl (C=O) groups is 2. The summed E-state index contributed by atoms with van der Waals surface area (Å²) in [6.45, 7) is 0.551. The lowest BCUT2D eigenvalue weighted by Crippen LogP contribution is -2.56. The highest BCUT2D eigenvalue weighted by molar-refractivity contribution is 6.44. The van der Waals surface area contributed by atoms with Gasteiger partial charge in [-0.05, 0) is 23.3 Å². The zero-order valence-electron chi connectivity index (χ0n) is 13.1. The molecule has 1 aliphatic carbocycles. The van der Waals surface area contributed by atoms with Crippen molar-refractivity contribution in [2.75, 3.05) is 20.4 Å². The standard InChI is InChI=1S/C18H15NO5/c1-22-11-3-2-10-4-5-19-17(21)16(20)12-6-14-15(24-9-23-14)7-13(12)18(10,19)8-11/h2-4,6-7,11H,5,8-9H2,1H3. The van der Waals surface area contributed by atoms with Crippen molar-refractivity contribution in [3.8, 4) is 11.5 Å². The summed E-state index contributed by atoms with van der Waals surface area (Å²) >= 11 is 0. The summed E-state index contributed by atoms with van der Waals surface area (Å²) in [6.07, 6.45) is 6.45. The van der Waals surface area contributed by atoms with Gasteiger partial charge in [0.1, 0.15) is 0 Å². The number of benzene rings is 1. The molecular formula is C18H15NO5. The third-order valence-corrected chi connectivity index (χ3v) is 5.36. The summed E-state index contributed by atoms with van der Waals surface area (Å²) in [5.41, 5.74) is 1.55. The summed E-state index contributed by atoms with van der Waals surface area (Å²) in [6, 6.07) is 3.49. The minimum atomic E-state index is -0.670. The number of methoxy groups -OCH3 is 1. The van der Waals surface area contributed by atoms with E-state index >= 15 is 0 Å². The van der Waals surface area contributed by atoms with Gasteiger partial charge >= 0.3 is 0 Å². The molecule has 0 aromatic heterocycles. The van der Waals surface area contributed by atoms with E-state index in [1.165, 1.54) is 0 Å². The van der Waals surface area contributed by atoms with Gasteiger partial charge in [-0.15, -0.1) is 0 Å². The molecule has 6 heteroatoms. The van der Waals surface area contributed by atoms with Gasteiger partial charge in [0.2, 0.25) is 6.79 Å². The lowest BCUT2D eigenvalue weighted by molar-refractivity contribution is -0.132. The van der Waals surface area contributed by atoms with Gasteiger partial charge in [-0.2, -0.15) is 0 Å². The van der Waals surface area contributed by atoms with Gasteiger partial charge in [0.25, 0.3) is 11.7 Å². The molecule has 2 unspecified atom stereocenters. The Kier molecular flexibility index (Phi) is 2.58. The van der Waals surface area contributed by atoms with Crippen LogP contribution in [0.25, 0.3) is 0 Å². The Bertz CT molecular complexity index is 855. The van der Waals surface area contributed by atoms with Crippen LogP contribution in [0.15, 0.2) is 35.9 Å². The van der Waals surface area contributed by atoms with Crippen LogP contribution in [0.1, 0.15) is 22.3 Å². The summed E-state index contributed by atoms with van der Waals surface area (Å²) in [4.78, 5) is 27.0. The zero-order chi connectivity index (χ0) is 16.5. The van der Waals surface area contributed by atoms with Crippen molar-refractivity contribution in [2.45, 2.75) is 18.1 Å². The number of ether oxygens (including phenoxy) is 3. The molecule has 0 N–H and O–H groups in total. The topological polar surface area (TPSA) is 65.1 Å². The number of Topliss-reactive ketones (excluding diaryl/α,β-unsaturated/α-hetero) is 1. The molecule has 4 aliphatic rings. The molecule has 0 radical (unpaired) electrons. The predicted octanol–water partition coefficient (Wildman–Crippen LogP) is 1.55. The molecule has 3 heterocycles. The van der Waals surface area contributed by atoms with Crippen LogP contribution in [0, 0.1) is 0 Å². The van der Waals surface area contributed by atoms with Gasteiger partial charge in [-0.1, -0.05) is 18.2 Å². The highest BCUT2D eigenvalue weighted by Gasteiger charge is 2.55. The second-order valence-electron chi connectivity index (χ2n) is 6.35. The monoisotopic (exact) mass is 325 g/mol. The molecular weight excluding hydrogens is 310 g/mol. The first-order chi connectivity index (χ1) is 11.6. The van der Waals surface area contributed by atoms with E-state index in [4.69, 9.17) is 14.2 Å². The van der Waals surface area contributed by atoms with E-state index in [1.807, 2.05) is 24.3 Å². The number of fused-ring (bicyclic) bond motifs is 2. The van der Waals surface area contributed by atoms with Crippen LogP contribution in [0.3, 0.4) is 0 Å². The van der Waals surface area contributed by atoms with Gasteiger partial charge in [-0.3, -0.25) is 9.59 Å². The smallest absolute Gasteiger partial charge is 0.296 e. The number of ketones is 1. The van der Waals surface area contributed by atoms with Crippen molar-refractivity contribution in [3.63, 3.8) is 0 Å². The fraction of sp³-hybridized carbons (Fsp3) is 0.333. The minimum absolute atomic E-state index is 0.123. The first-order valence-electron chi connectivity index (χ1n) is 7.87. The summed E-state index contributed by atoms with van der Waals surface area (Å²) in [7, 11) is 1.65. The van der Waals surface area contributed by atoms with Crippen LogP contribution < -0.4 is 9.47 Å². The molecule has 0 bridgehead atoms. The second kappa shape index (κ2) is 4.48. The molecule has 1 aromatic carbocycles. The zero-order valence-corrected chi connectivity index (χ0v) is 13.1. The average molecular weight is 325 g/mol. The molecule has 3 aliphatic heterocycles. The quantitative estimate of drug-likeness (QED) is 0.733. The summed E-state index contributed by atoms with van der Waals surface area (Å²) in [5, 5.41) is 0. The minimum Gasteiger partial charge on any atom is -0.454 e. The molecule has 0 saturated carbocycles. The molecule has 2 atom stereocenters. The molecule has 122 valence electrons. The number of rotatable bonds is 1. The average Bonchev–Trinajstić information content (AvgIpc) is 3.22. The summed E-state index contributed by atoms with van der Waals surface area (Å²) in [5.74, 6) is 0.155. The van der Waals surface area contributed by atoms with Crippen LogP contribution in [0.5, 0.6) is 11.5 Å². The van der Waals surface area contributed by atoms with Crippen LogP contribution in [0.2, 0.25) is 0 Å². The molecule has 0 fully saturated rings. The SMILES string of the molecule is COC1C=CC2=CCN3C(=O)C(=O)c4cc5c(cc4C23C1)OCO5. The van der Waals surface area contributed by atoms with Crippen molar-refractivity contribution < 1.29 is 23.8 Å². The third kappa shape index (κ3) is 1.49. The Morgan fingerprint density at radius 3 is 2.83 bits per heavy atom. The van der Waals surface area contributed by atoms with Gasteiger partial charge in [0, 0.05) is 25.6 Å². The number of carbonyl (C=O) groups excluding carboxylic acids is 2. The Morgan fingerprint density at radius 2 is 2.04 bits per heavy atom. The number of hydrogen-bond donors (Lipinski definition) is 0. The molecule has 0 saturated heterocycles. The molecule has 1 spiro atoms. The van der Waals surface area contributed by atoms with Crippen LogP contribution in [-0.2, 0) is 15.1 Å². The molecule has 6 nitrogen and oxygen atoms in total. The van der Waals surface area contributed by atoms with E-state index in [1.54, 1.807) is 18.1 Å². The number of nitrogens with zero attached hydrogens (tertiary/aromatic N) is 1. The Morgan fingerprint density at radius 1 is 1.25 bits per heavy atom. The van der Waals surface area contributed by atoms with E-state index in [9.17, 15) is 9.59 Å². The highest BCUT2D eigenvalue weighted by Crippen LogP contribution is 2.53. The molecule has 24 heavy (non-hydrogen) atoms. The highest BCUT2D eigenvalue weighted by atomic mass is 16.7. The third-order valence-electron chi connectivity index (χ3n) is 5.36. The van der Waals surface area contributed by atoms with Gasteiger partial charge in [0.05, 0.1) is 11.6 Å². The normalized spacial score (nSPS) is 29.3. The van der Waals surface area contributed by atoms with Crippen molar-refractivity contribution in [3.05, 3.63) is 47.1 Å². The largest absolute Gasteiger partial charge is 0.454 e. The van der Waals surface area contributed by atoms with E-state index in [-0.39, 0.29) is 12.9 Å². The van der Waals surface area contributed by atoms with Gasteiger partial charge in [0.15, 0.2) is 11.5 Å². The predicted molar refractivity (Wildman–Crippen MR) is 82.9 cm³/mol. The maximum absolute atomic E-state index is 12.7. The maximum atomic E-state index is 12.7. The lowest BCUT2D eigenvalue weighted by atomic mass is 9.71. The van der Waals surface area contributed by atoms with Crippen molar-refractivity contribution in [1.29, 1.82) is 0 Å². The Labute approximate surface area is 138 Å². The van der Waals surface area contributed by atoms with Crippen molar-refractivity contribution >= 4 is 11.7 Å². The first-order valence-corrected chi connectivity index (χ1v) is 7.87. The van der Waals surface area contributed by atoms with Crippen LogP contribution in [0.4, 0.5) is 0 Å². The van der Waals surface area contributed by atoms with Crippen molar-refractivity contribution in [2.24, 2.45) is 0 Å². The molecule has 1 aromatic rings. The van der Waals surface area contributed by atoms with E-state index in [2.05, 4.69) is 0 Å². The number of hydrogen-bond acceptors (Lipinski definition) is 5. The first kappa shape index (κ1) is 13.8. The number of amides is 1. The van der Waals surface area contributed by atoms with Gasteiger partial charge in [-0.25, -0.2) is 0 Å². The molecule has 5 rings (SSSR count). The fourth-order valence-electron chi connectivity index (χ4n) is 4.21. The van der Waals surface area contributed by atoms with Gasteiger partial charge < -0.3 is 19.1 Å². The van der Waals surface area contributed by atoms with Crippen molar-refractivity contribution in [1.82, 2.24) is 4.90 Å².